The monoisotopic (exact) mass is 329 g/mol. The van der Waals surface area contributed by atoms with Crippen molar-refractivity contribution in [2.24, 2.45) is 5.10 Å². The Morgan fingerprint density at radius 1 is 1.21 bits per heavy atom. The highest BCUT2D eigenvalue weighted by Gasteiger charge is 2.05. The molecule has 0 saturated carbocycles. The summed E-state index contributed by atoms with van der Waals surface area (Å²) in [6, 6.07) is 12.2. The number of rotatable bonds is 7. The molecule has 0 aliphatic heterocycles. The summed E-state index contributed by atoms with van der Waals surface area (Å²) in [7, 11) is 3.04. The summed E-state index contributed by atoms with van der Waals surface area (Å²) in [5, 5.41) is 16.7. The summed E-state index contributed by atoms with van der Waals surface area (Å²) in [6.45, 7) is 0.0502. The average Bonchev–Trinajstić information content (AvgIpc) is 2.61. The van der Waals surface area contributed by atoms with Gasteiger partial charge in [-0.25, -0.2) is 5.43 Å². The molecule has 2 aromatic carbocycles. The molecule has 3 N–H and O–H groups in total. The third-order valence-electron chi connectivity index (χ3n) is 3.17. The Morgan fingerprint density at radius 2 is 2.00 bits per heavy atom. The van der Waals surface area contributed by atoms with Crippen molar-refractivity contribution in [3.63, 3.8) is 0 Å². The van der Waals surface area contributed by atoms with Crippen LogP contribution < -0.4 is 20.2 Å². The maximum Gasteiger partial charge on any atom is 0.259 e. The van der Waals surface area contributed by atoms with Crippen LogP contribution in [-0.2, 0) is 4.79 Å². The largest absolute Gasteiger partial charge is 0.504 e. The number of hydrogen-bond donors (Lipinski definition) is 3. The van der Waals surface area contributed by atoms with Gasteiger partial charge < -0.3 is 19.9 Å². The van der Waals surface area contributed by atoms with Crippen LogP contribution in [0.5, 0.6) is 17.2 Å². The Hall–Kier alpha value is -3.22. The van der Waals surface area contributed by atoms with E-state index < -0.39 is 0 Å². The minimum absolute atomic E-state index is 0.0347. The third kappa shape index (κ3) is 4.64. The molecule has 7 heteroatoms. The molecule has 0 atom stereocenters. The van der Waals surface area contributed by atoms with Crippen LogP contribution in [0.2, 0.25) is 0 Å². The number of methoxy groups -OCH3 is 2. The number of carbonyl (C=O) groups excluding carboxylic acids is 1. The highest BCUT2D eigenvalue weighted by molar-refractivity contribution is 5.87. The first-order valence-electron chi connectivity index (χ1n) is 7.20. The van der Waals surface area contributed by atoms with E-state index in [1.54, 1.807) is 31.4 Å². The number of phenolic OH excluding ortho intramolecular Hbond substituents is 1. The van der Waals surface area contributed by atoms with Crippen LogP contribution in [0.1, 0.15) is 5.56 Å². The summed E-state index contributed by atoms with van der Waals surface area (Å²) in [6.07, 6.45) is 1.35. The molecule has 0 unspecified atom stereocenters. The summed E-state index contributed by atoms with van der Waals surface area (Å²) >= 11 is 0. The maximum atomic E-state index is 11.8. The van der Waals surface area contributed by atoms with Crippen molar-refractivity contribution in [2.75, 3.05) is 26.1 Å². The van der Waals surface area contributed by atoms with E-state index in [-0.39, 0.29) is 18.2 Å². The van der Waals surface area contributed by atoms with Crippen LogP contribution in [0.4, 0.5) is 5.69 Å². The number of hydrogen-bond acceptors (Lipinski definition) is 6. The fourth-order valence-corrected chi connectivity index (χ4v) is 1.94. The molecule has 7 nitrogen and oxygen atoms in total. The zero-order valence-corrected chi connectivity index (χ0v) is 13.4. The molecule has 0 aromatic heterocycles. The van der Waals surface area contributed by atoms with Gasteiger partial charge in [-0.1, -0.05) is 12.1 Å². The van der Waals surface area contributed by atoms with Gasteiger partial charge in [0.1, 0.15) is 5.75 Å². The van der Waals surface area contributed by atoms with Crippen LogP contribution in [0.25, 0.3) is 0 Å². The fourth-order valence-electron chi connectivity index (χ4n) is 1.94. The van der Waals surface area contributed by atoms with E-state index in [1.165, 1.54) is 13.3 Å². The Bertz CT molecular complexity index is 732. The van der Waals surface area contributed by atoms with Crippen LogP contribution in [0.15, 0.2) is 47.6 Å². The van der Waals surface area contributed by atoms with Gasteiger partial charge in [-0.05, 0) is 24.3 Å². The SMILES string of the molecule is COc1cccc(NCC(=O)N/N=C/c2cccc(OC)c2O)c1. The molecule has 0 saturated heterocycles. The van der Waals surface area contributed by atoms with Crippen molar-refractivity contribution >= 4 is 17.8 Å². The topological polar surface area (TPSA) is 92.2 Å². The van der Waals surface area contributed by atoms with Gasteiger partial charge in [0.2, 0.25) is 0 Å². The number of anilines is 1. The highest BCUT2D eigenvalue weighted by atomic mass is 16.5. The lowest BCUT2D eigenvalue weighted by Gasteiger charge is -2.07. The fraction of sp³-hybridized carbons (Fsp3) is 0.176. The summed E-state index contributed by atoms with van der Waals surface area (Å²) in [5.41, 5.74) is 3.58. The van der Waals surface area contributed by atoms with Gasteiger partial charge >= 0.3 is 0 Å². The molecule has 0 bridgehead atoms. The molecule has 2 aromatic rings. The van der Waals surface area contributed by atoms with Gasteiger partial charge in [-0.2, -0.15) is 5.10 Å². The Morgan fingerprint density at radius 3 is 2.75 bits per heavy atom. The van der Waals surface area contributed by atoms with E-state index in [0.717, 1.165) is 5.69 Å². The molecule has 2 rings (SSSR count). The maximum absolute atomic E-state index is 11.8. The Kier molecular flexibility index (Phi) is 6.01. The second kappa shape index (κ2) is 8.42. The van der Waals surface area contributed by atoms with Crippen LogP contribution in [0.3, 0.4) is 0 Å². The number of benzene rings is 2. The second-order valence-corrected chi connectivity index (χ2v) is 4.78. The second-order valence-electron chi connectivity index (χ2n) is 4.78. The summed E-state index contributed by atoms with van der Waals surface area (Å²) in [5.74, 6) is 0.681. The predicted octanol–water partition coefficient (Wildman–Crippen LogP) is 1.97. The molecule has 0 aliphatic rings. The van der Waals surface area contributed by atoms with Gasteiger partial charge in [0.15, 0.2) is 11.5 Å². The summed E-state index contributed by atoms with van der Waals surface area (Å²) < 4.78 is 10.1. The normalized spacial score (nSPS) is 10.4. The molecule has 24 heavy (non-hydrogen) atoms. The van der Waals surface area contributed by atoms with Crippen molar-refractivity contribution in [1.82, 2.24) is 5.43 Å². The zero-order chi connectivity index (χ0) is 17.4. The first kappa shape index (κ1) is 17.1. The van der Waals surface area contributed by atoms with Gasteiger partial charge in [0, 0.05) is 17.3 Å². The number of ether oxygens (including phenoxy) is 2. The zero-order valence-electron chi connectivity index (χ0n) is 13.4. The molecule has 0 fully saturated rings. The number of aromatic hydroxyl groups is 1. The molecule has 0 radical (unpaired) electrons. The van der Waals surface area contributed by atoms with Gasteiger partial charge in [0.05, 0.1) is 27.0 Å². The molecule has 0 heterocycles. The summed E-state index contributed by atoms with van der Waals surface area (Å²) in [4.78, 5) is 11.8. The molecule has 1 amide bonds. The molecule has 0 aliphatic carbocycles. The number of amides is 1. The highest BCUT2D eigenvalue weighted by Crippen LogP contribution is 2.27. The Balaban J connectivity index is 1.87. The minimum atomic E-state index is -0.323. The van der Waals surface area contributed by atoms with E-state index in [0.29, 0.717) is 17.1 Å². The molecule has 0 spiro atoms. The van der Waals surface area contributed by atoms with E-state index in [1.807, 2.05) is 18.2 Å². The Labute approximate surface area is 139 Å². The number of nitrogens with one attached hydrogen (secondary N) is 2. The van der Waals surface area contributed by atoms with Gasteiger partial charge in [-0.3, -0.25) is 4.79 Å². The van der Waals surface area contributed by atoms with Gasteiger partial charge in [0.25, 0.3) is 5.91 Å². The van der Waals surface area contributed by atoms with Gasteiger partial charge in [-0.15, -0.1) is 0 Å². The predicted molar refractivity (Wildman–Crippen MR) is 91.9 cm³/mol. The molecular weight excluding hydrogens is 310 g/mol. The van der Waals surface area contributed by atoms with Crippen molar-refractivity contribution in [1.29, 1.82) is 0 Å². The third-order valence-corrected chi connectivity index (χ3v) is 3.17. The quantitative estimate of drug-likeness (QED) is 0.533. The van der Waals surface area contributed by atoms with Crippen molar-refractivity contribution in [3.05, 3.63) is 48.0 Å². The lowest BCUT2D eigenvalue weighted by molar-refractivity contribution is -0.119. The van der Waals surface area contributed by atoms with E-state index >= 15 is 0 Å². The molecular formula is C17H19N3O4. The average molecular weight is 329 g/mol. The number of nitrogens with zero attached hydrogens (tertiary/aromatic N) is 1. The number of carbonyl (C=O) groups is 1. The van der Waals surface area contributed by atoms with Crippen molar-refractivity contribution in [2.45, 2.75) is 0 Å². The van der Waals surface area contributed by atoms with E-state index in [4.69, 9.17) is 9.47 Å². The van der Waals surface area contributed by atoms with Crippen LogP contribution in [0, 0.1) is 0 Å². The smallest absolute Gasteiger partial charge is 0.259 e. The lowest BCUT2D eigenvalue weighted by atomic mass is 10.2. The van der Waals surface area contributed by atoms with Crippen LogP contribution in [-0.4, -0.2) is 38.0 Å². The number of phenols is 1. The first-order chi connectivity index (χ1) is 11.6. The number of hydrazone groups is 1. The standard InChI is InChI=1S/C17H19N3O4/c1-23-14-7-4-6-13(9-14)18-11-16(21)20-19-10-12-5-3-8-15(24-2)17(12)22/h3-10,18,22H,11H2,1-2H3,(H,20,21)/b19-10+. The minimum Gasteiger partial charge on any atom is -0.504 e. The first-order valence-corrected chi connectivity index (χ1v) is 7.20. The van der Waals surface area contributed by atoms with E-state index in [2.05, 4.69) is 15.8 Å². The van der Waals surface area contributed by atoms with E-state index in [9.17, 15) is 9.90 Å². The van der Waals surface area contributed by atoms with Crippen LogP contribution >= 0.6 is 0 Å². The van der Waals surface area contributed by atoms with Crippen molar-refractivity contribution < 1.29 is 19.4 Å². The lowest BCUT2D eigenvalue weighted by Crippen LogP contribution is -2.25. The number of para-hydroxylation sites is 1. The van der Waals surface area contributed by atoms with Crippen molar-refractivity contribution in [3.8, 4) is 17.2 Å². The molecule has 126 valence electrons.